The summed E-state index contributed by atoms with van der Waals surface area (Å²) in [5.41, 5.74) is 1.81. The van der Waals surface area contributed by atoms with Crippen LogP contribution >= 0.6 is 0 Å². The lowest BCUT2D eigenvalue weighted by Crippen LogP contribution is -2.48. The quantitative estimate of drug-likeness (QED) is 0.814. The van der Waals surface area contributed by atoms with E-state index in [9.17, 15) is 9.59 Å². The summed E-state index contributed by atoms with van der Waals surface area (Å²) < 4.78 is 0. The highest BCUT2D eigenvalue weighted by molar-refractivity contribution is 5.92. The zero-order valence-electron chi connectivity index (χ0n) is 15.0. The van der Waals surface area contributed by atoms with Crippen LogP contribution in [0, 0.1) is 0 Å². The van der Waals surface area contributed by atoms with Crippen molar-refractivity contribution in [1.29, 1.82) is 0 Å². The van der Waals surface area contributed by atoms with Crippen molar-refractivity contribution in [3.05, 3.63) is 71.8 Å². The van der Waals surface area contributed by atoms with Crippen molar-refractivity contribution in [2.75, 3.05) is 0 Å². The molecule has 0 radical (unpaired) electrons. The van der Waals surface area contributed by atoms with Gasteiger partial charge in [-0.3, -0.25) is 9.59 Å². The van der Waals surface area contributed by atoms with E-state index < -0.39 is 12.0 Å². The lowest BCUT2D eigenvalue weighted by Gasteiger charge is -2.22. The molecule has 0 bridgehead atoms. The largest absolute Gasteiger partial charge is 0.352 e. The van der Waals surface area contributed by atoms with E-state index >= 15 is 0 Å². The molecule has 0 aliphatic heterocycles. The van der Waals surface area contributed by atoms with Gasteiger partial charge in [-0.25, -0.2) is 0 Å². The second-order valence-corrected chi connectivity index (χ2v) is 6.30. The number of hydrogen-bond acceptors (Lipinski definition) is 2. The minimum Gasteiger partial charge on any atom is -0.352 e. The highest BCUT2D eigenvalue weighted by atomic mass is 16.2. The van der Waals surface area contributed by atoms with Gasteiger partial charge in [0, 0.05) is 6.04 Å². The number of amides is 2. The average molecular weight is 338 g/mol. The molecule has 0 saturated heterocycles. The Kier molecular flexibility index (Phi) is 6.75. The summed E-state index contributed by atoms with van der Waals surface area (Å²) in [4.78, 5) is 25.1. The molecule has 2 aromatic carbocycles. The molecule has 0 aliphatic rings. The van der Waals surface area contributed by atoms with Crippen LogP contribution in [-0.2, 0) is 9.59 Å². The van der Waals surface area contributed by atoms with Crippen LogP contribution in [0.2, 0.25) is 0 Å². The van der Waals surface area contributed by atoms with Crippen LogP contribution in [-0.4, -0.2) is 23.9 Å². The summed E-state index contributed by atoms with van der Waals surface area (Å²) in [6.07, 6.45) is 0.850. The molecule has 25 heavy (non-hydrogen) atoms. The van der Waals surface area contributed by atoms with Gasteiger partial charge in [0.15, 0.2) is 0 Å². The second-order valence-electron chi connectivity index (χ2n) is 6.30. The van der Waals surface area contributed by atoms with Crippen molar-refractivity contribution in [2.24, 2.45) is 0 Å². The number of hydrogen-bond donors (Lipinski definition) is 2. The lowest BCUT2D eigenvalue weighted by atomic mass is 9.90. The number of rotatable bonds is 7. The van der Waals surface area contributed by atoms with E-state index in [1.165, 1.54) is 0 Å². The van der Waals surface area contributed by atoms with Crippen molar-refractivity contribution in [3.8, 4) is 0 Å². The van der Waals surface area contributed by atoms with E-state index in [0.29, 0.717) is 0 Å². The predicted octanol–water partition coefficient (Wildman–Crippen LogP) is 3.24. The molecule has 2 aromatic rings. The number of nitrogens with one attached hydrogen (secondary N) is 2. The van der Waals surface area contributed by atoms with Gasteiger partial charge in [0.05, 0.1) is 5.92 Å². The Morgan fingerprint density at radius 2 is 1.28 bits per heavy atom. The van der Waals surface area contributed by atoms with E-state index in [2.05, 4.69) is 10.6 Å². The van der Waals surface area contributed by atoms with E-state index in [1.807, 2.05) is 74.5 Å². The summed E-state index contributed by atoms with van der Waals surface area (Å²) in [6.45, 7) is 5.67. The fourth-order valence-electron chi connectivity index (χ4n) is 2.62. The second kappa shape index (κ2) is 9.02. The minimum atomic E-state index is -0.587. The molecule has 0 aromatic heterocycles. The van der Waals surface area contributed by atoms with Crippen molar-refractivity contribution in [3.63, 3.8) is 0 Å². The number of benzene rings is 2. The predicted molar refractivity (Wildman–Crippen MR) is 100 cm³/mol. The zero-order chi connectivity index (χ0) is 18.2. The van der Waals surface area contributed by atoms with Gasteiger partial charge in [-0.05, 0) is 31.4 Å². The van der Waals surface area contributed by atoms with Crippen LogP contribution in [0.4, 0.5) is 0 Å². The highest BCUT2D eigenvalue weighted by Gasteiger charge is 2.25. The first kappa shape index (κ1) is 18.7. The molecule has 2 atom stereocenters. The van der Waals surface area contributed by atoms with Gasteiger partial charge < -0.3 is 10.6 Å². The summed E-state index contributed by atoms with van der Waals surface area (Å²) in [5, 5.41) is 5.75. The van der Waals surface area contributed by atoms with Crippen LogP contribution in [0.15, 0.2) is 60.7 Å². The van der Waals surface area contributed by atoms with Gasteiger partial charge >= 0.3 is 0 Å². The van der Waals surface area contributed by atoms with Crippen molar-refractivity contribution in [2.45, 2.75) is 45.2 Å². The van der Waals surface area contributed by atoms with Gasteiger partial charge in [0.2, 0.25) is 11.8 Å². The van der Waals surface area contributed by atoms with E-state index in [4.69, 9.17) is 0 Å². The Morgan fingerprint density at radius 1 is 0.800 bits per heavy atom. The van der Waals surface area contributed by atoms with Crippen LogP contribution in [0.1, 0.15) is 44.2 Å². The molecule has 0 unspecified atom stereocenters. The van der Waals surface area contributed by atoms with Crippen molar-refractivity contribution in [1.82, 2.24) is 10.6 Å². The molecule has 132 valence electrons. The van der Waals surface area contributed by atoms with Crippen LogP contribution in [0.3, 0.4) is 0 Å². The third kappa shape index (κ3) is 5.18. The van der Waals surface area contributed by atoms with Crippen molar-refractivity contribution < 1.29 is 9.59 Å². The molecule has 0 spiro atoms. The molecule has 0 fully saturated rings. The first-order valence-corrected chi connectivity index (χ1v) is 8.73. The maximum Gasteiger partial charge on any atom is 0.242 e. The molecular weight excluding hydrogens is 312 g/mol. The molecule has 0 heterocycles. The zero-order valence-corrected chi connectivity index (χ0v) is 15.0. The smallest absolute Gasteiger partial charge is 0.242 e. The molecule has 2 N–H and O–H groups in total. The lowest BCUT2D eigenvalue weighted by molar-refractivity contribution is -0.129. The Labute approximate surface area is 149 Å². The first-order valence-electron chi connectivity index (χ1n) is 8.73. The van der Waals surface area contributed by atoms with Gasteiger partial charge in [-0.1, -0.05) is 67.6 Å². The van der Waals surface area contributed by atoms with Gasteiger partial charge in [-0.15, -0.1) is 0 Å². The fraction of sp³-hybridized carbons (Fsp3) is 0.333. The molecule has 4 heteroatoms. The maximum absolute atomic E-state index is 12.9. The molecular formula is C21H26N2O2. The topological polar surface area (TPSA) is 58.2 Å². The summed E-state index contributed by atoms with van der Waals surface area (Å²) in [5.74, 6) is -0.784. The molecule has 0 aliphatic carbocycles. The third-order valence-electron chi connectivity index (χ3n) is 4.28. The SMILES string of the molecule is CC[C@H](C)NC(=O)[C@H](C)NC(=O)C(c1ccccc1)c1ccccc1. The Bertz CT molecular complexity index is 646. The van der Waals surface area contributed by atoms with Gasteiger partial charge in [0.25, 0.3) is 0 Å². The van der Waals surface area contributed by atoms with Crippen LogP contribution in [0.5, 0.6) is 0 Å². The third-order valence-corrected chi connectivity index (χ3v) is 4.28. The Balaban J connectivity index is 2.18. The molecule has 4 nitrogen and oxygen atoms in total. The summed E-state index contributed by atoms with van der Waals surface area (Å²) in [7, 11) is 0. The first-order chi connectivity index (χ1) is 12.0. The monoisotopic (exact) mass is 338 g/mol. The Hall–Kier alpha value is -2.62. The summed E-state index contributed by atoms with van der Waals surface area (Å²) in [6, 6.07) is 18.7. The normalized spacial score (nSPS) is 13.1. The van der Waals surface area contributed by atoms with E-state index in [0.717, 1.165) is 17.5 Å². The molecule has 2 rings (SSSR count). The van der Waals surface area contributed by atoms with E-state index in [-0.39, 0.29) is 17.9 Å². The average Bonchev–Trinajstić information content (AvgIpc) is 2.63. The van der Waals surface area contributed by atoms with Crippen LogP contribution < -0.4 is 10.6 Å². The fourth-order valence-corrected chi connectivity index (χ4v) is 2.62. The van der Waals surface area contributed by atoms with Gasteiger partial charge in [0.1, 0.15) is 6.04 Å². The molecule has 2 amide bonds. The highest BCUT2D eigenvalue weighted by Crippen LogP contribution is 2.24. The van der Waals surface area contributed by atoms with Crippen molar-refractivity contribution >= 4 is 11.8 Å². The molecule has 0 saturated carbocycles. The Morgan fingerprint density at radius 3 is 1.72 bits per heavy atom. The summed E-state index contributed by atoms with van der Waals surface area (Å²) >= 11 is 0. The van der Waals surface area contributed by atoms with Crippen LogP contribution in [0.25, 0.3) is 0 Å². The minimum absolute atomic E-state index is 0.0888. The number of carbonyl (C=O) groups excluding carboxylic acids is 2. The van der Waals surface area contributed by atoms with Gasteiger partial charge in [-0.2, -0.15) is 0 Å². The standard InChI is InChI=1S/C21H26N2O2/c1-4-15(2)22-20(24)16(3)23-21(25)19(17-11-7-5-8-12-17)18-13-9-6-10-14-18/h5-16,19H,4H2,1-3H3,(H,22,24)(H,23,25)/t15-,16-/m0/s1. The maximum atomic E-state index is 12.9. The van der Waals surface area contributed by atoms with E-state index in [1.54, 1.807) is 6.92 Å². The number of carbonyl (C=O) groups is 2.